The number of carbonyl (C=O) groups excluding carboxylic acids is 2. The monoisotopic (exact) mass is 338 g/mol. The van der Waals surface area contributed by atoms with Crippen molar-refractivity contribution in [3.05, 3.63) is 63.9 Å². The minimum absolute atomic E-state index is 0.0784. The van der Waals surface area contributed by atoms with Gasteiger partial charge in [-0.05, 0) is 55.0 Å². The lowest BCUT2D eigenvalue weighted by Crippen LogP contribution is -2.37. The number of hydrogen-bond donors (Lipinski definition) is 1. The normalized spacial score (nSPS) is 16.3. The largest absolute Gasteiger partial charge is 0.457 e. The standard InChI is InChI=1S/C18H11ClN2O3/c1-10-14(17(22)21-18(23)15(10)9-20)8-13-6-7-16(24-13)11-2-4-12(19)5-3-11/h2-8H,1H3,(H,21,22,23)/b14-8+. The van der Waals surface area contributed by atoms with Gasteiger partial charge in [-0.3, -0.25) is 14.9 Å². The van der Waals surface area contributed by atoms with Crippen molar-refractivity contribution in [1.29, 1.82) is 5.26 Å². The maximum absolute atomic E-state index is 12.0. The van der Waals surface area contributed by atoms with Gasteiger partial charge in [-0.25, -0.2) is 0 Å². The van der Waals surface area contributed by atoms with E-state index in [9.17, 15) is 9.59 Å². The Balaban J connectivity index is 1.99. The van der Waals surface area contributed by atoms with Gasteiger partial charge in [0.1, 0.15) is 23.2 Å². The Labute approximate surface area is 142 Å². The van der Waals surface area contributed by atoms with Gasteiger partial charge in [-0.15, -0.1) is 0 Å². The number of rotatable bonds is 2. The Morgan fingerprint density at radius 2 is 1.83 bits per heavy atom. The van der Waals surface area contributed by atoms with Gasteiger partial charge in [0.05, 0.1) is 0 Å². The molecule has 1 aliphatic heterocycles. The van der Waals surface area contributed by atoms with E-state index in [0.717, 1.165) is 5.56 Å². The summed E-state index contributed by atoms with van der Waals surface area (Å²) in [7, 11) is 0. The van der Waals surface area contributed by atoms with Crippen LogP contribution in [0.3, 0.4) is 0 Å². The van der Waals surface area contributed by atoms with Crippen LogP contribution in [0.4, 0.5) is 0 Å². The van der Waals surface area contributed by atoms with E-state index >= 15 is 0 Å². The molecule has 0 saturated carbocycles. The van der Waals surface area contributed by atoms with Crippen molar-refractivity contribution in [3.63, 3.8) is 0 Å². The van der Waals surface area contributed by atoms with Crippen molar-refractivity contribution >= 4 is 29.5 Å². The molecule has 0 aliphatic carbocycles. The number of amides is 2. The van der Waals surface area contributed by atoms with Gasteiger partial charge >= 0.3 is 0 Å². The molecule has 1 aliphatic rings. The lowest BCUT2D eigenvalue weighted by molar-refractivity contribution is -0.126. The summed E-state index contributed by atoms with van der Waals surface area (Å²) in [5.74, 6) is -0.177. The number of nitriles is 1. The maximum atomic E-state index is 12.0. The topological polar surface area (TPSA) is 83.1 Å². The van der Waals surface area contributed by atoms with Gasteiger partial charge < -0.3 is 4.42 Å². The van der Waals surface area contributed by atoms with Gasteiger partial charge in [-0.2, -0.15) is 5.26 Å². The van der Waals surface area contributed by atoms with Crippen LogP contribution in [0.2, 0.25) is 5.02 Å². The van der Waals surface area contributed by atoms with E-state index < -0.39 is 11.8 Å². The minimum atomic E-state index is -0.682. The van der Waals surface area contributed by atoms with Gasteiger partial charge in [0, 0.05) is 16.2 Å². The second kappa shape index (κ2) is 6.19. The van der Waals surface area contributed by atoms with Crippen LogP contribution in [0.5, 0.6) is 0 Å². The quantitative estimate of drug-likeness (QED) is 0.671. The third kappa shape index (κ3) is 2.87. The lowest BCUT2D eigenvalue weighted by atomic mass is 9.96. The number of hydrogen-bond acceptors (Lipinski definition) is 4. The summed E-state index contributed by atoms with van der Waals surface area (Å²) < 4.78 is 5.71. The van der Waals surface area contributed by atoms with Crippen LogP contribution in [-0.2, 0) is 9.59 Å². The van der Waals surface area contributed by atoms with E-state index in [1.54, 1.807) is 31.2 Å². The van der Waals surface area contributed by atoms with Crippen LogP contribution in [0.25, 0.3) is 17.4 Å². The highest BCUT2D eigenvalue weighted by atomic mass is 35.5. The van der Waals surface area contributed by atoms with E-state index in [1.165, 1.54) is 6.08 Å². The summed E-state index contributed by atoms with van der Waals surface area (Å²) in [5.41, 5.74) is 1.32. The smallest absolute Gasteiger partial charge is 0.269 e. The first-order valence-corrected chi connectivity index (χ1v) is 7.42. The fourth-order valence-electron chi connectivity index (χ4n) is 2.36. The van der Waals surface area contributed by atoms with E-state index in [-0.39, 0.29) is 11.1 Å². The van der Waals surface area contributed by atoms with E-state index in [2.05, 4.69) is 5.32 Å². The summed E-state index contributed by atoms with van der Waals surface area (Å²) in [6.45, 7) is 1.56. The molecule has 0 bridgehead atoms. The Bertz CT molecular complexity index is 943. The van der Waals surface area contributed by atoms with Crippen molar-refractivity contribution in [2.75, 3.05) is 0 Å². The zero-order chi connectivity index (χ0) is 17.3. The molecule has 6 heteroatoms. The molecule has 1 N–H and O–H groups in total. The predicted molar refractivity (Wildman–Crippen MR) is 88.6 cm³/mol. The molecule has 2 aromatic rings. The molecule has 0 spiro atoms. The second-order valence-corrected chi connectivity index (χ2v) is 5.60. The van der Waals surface area contributed by atoms with Gasteiger partial charge in [0.2, 0.25) is 0 Å². The van der Waals surface area contributed by atoms with Crippen LogP contribution < -0.4 is 5.32 Å². The van der Waals surface area contributed by atoms with E-state index in [0.29, 0.717) is 22.1 Å². The van der Waals surface area contributed by atoms with Crippen molar-refractivity contribution in [1.82, 2.24) is 5.32 Å². The molecule has 118 valence electrons. The van der Waals surface area contributed by atoms with Gasteiger partial charge in [-0.1, -0.05) is 11.6 Å². The highest BCUT2D eigenvalue weighted by Crippen LogP contribution is 2.27. The number of furan rings is 1. The zero-order valence-electron chi connectivity index (χ0n) is 12.6. The minimum Gasteiger partial charge on any atom is -0.457 e. The Kier molecular flexibility index (Phi) is 4.07. The molecule has 1 aromatic carbocycles. The Hall–Kier alpha value is -3.10. The van der Waals surface area contributed by atoms with Crippen LogP contribution in [-0.4, -0.2) is 11.8 Å². The van der Waals surface area contributed by atoms with Gasteiger partial charge in [0.15, 0.2) is 0 Å². The maximum Gasteiger partial charge on any atom is 0.269 e. The number of halogens is 1. The molecule has 5 nitrogen and oxygen atoms in total. The SMILES string of the molecule is CC1=C(C#N)C(=O)NC(=O)/C1=C/c1ccc(-c2ccc(Cl)cc2)o1. The number of carbonyl (C=O) groups is 2. The number of nitrogens with one attached hydrogen (secondary N) is 1. The molecular formula is C18H11ClN2O3. The molecule has 0 unspecified atom stereocenters. The zero-order valence-corrected chi connectivity index (χ0v) is 13.3. The molecule has 0 saturated heterocycles. The summed E-state index contributed by atoms with van der Waals surface area (Å²) in [6.07, 6.45) is 1.51. The number of benzene rings is 1. The molecule has 24 heavy (non-hydrogen) atoms. The van der Waals surface area contributed by atoms with Crippen molar-refractivity contribution in [3.8, 4) is 17.4 Å². The van der Waals surface area contributed by atoms with Crippen LogP contribution in [0.15, 0.2) is 57.5 Å². The molecule has 1 aromatic heterocycles. The van der Waals surface area contributed by atoms with Crippen molar-refractivity contribution < 1.29 is 14.0 Å². The Morgan fingerprint density at radius 1 is 1.12 bits per heavy atom. The summed E-state index contributed by atoms with van der Waals surface area (Å²) in [5, 5.41) is 11.8. The number of nitrogens with zero attached hydrogens (tertiary/aromatic N) is 1. The highest BCUT2D eigenvalue weighted by molar-refractivity contribution is 6.30. The third-order valence-electron chi connectivity index (χ3n) is 3.63. The number of imide groups is 1. The fraction of sp³-hybridized carbons (Fsp3) is 0.0556. The molecule has 2 heterocycles. The summed E-state index contributed by atoms with van der Waals surface area (Å²) in [6, 6.07) is 12.4. The first-order chi connectivity index (χ1) is 11.5. The van der Waals surface area contributed by atoms with Gasteiger partial charge in [0.25, 0.3) is 11.8 Å². The van der Waals surface area contributed by atoms with Crippen molar-refractivity contribution in [2.24, 2.45) is 0 Å². The molecule has 0 radical (unpaired) electrons. The van der Waals surface area contributed by atoms with Crippen LogP contribution in [0, 0.1) is 11.3 Å². The first-order valence-electron chi connectivity index (χ1n) is 7.04. The Morgan fingerprint density at radius 3 is 2.50 bits per heavy atom. The predicted octanol–water partition coefficient (Wildman–Crippen LogP) is 3.48. The van der Waals surface area contributed by atoms with Crippen molar-refractivity contribution in [2.45, 2.75) is 6.92 Å². The molecule has 0 fully saturated rings. The average molecular weight is 339 g/mol. The van der Waals surface area contributed by atoms with Crippen LogP contribution in [0.1, 0.15) is 12.7 Å². The first kappa shape index (κ1) is 15.8. The third-order valence-corrected chi connectivity index (χ3v) is 3.88. The summed E-state index contributed by atoms with van der Waals surface area (Å²) >= 11 is 5.86. The lowest BCUT2D eigenvalue weighted by Gasteiger charge is -2.15. The summed E-state index contributed by atoms with van der Waals surface area (Å²) in [4.78, 5) is 23.6. The second-order valence-electron chi connectivity index (χ2n) is 5.16. The van der Waals surface area contributed by atoms with E-state index in [4.69, 9.17) is 21.3 Å². The van der Waals surface area contributed by atoms with Crippen LogP contribution >= 0.6 is 11.6 Å². The molecule has 2 amide bonds. The molecule has 3 rings (SSSR count). The van der Waals surface area contributed by atoms with E-state index in [1.807, 2.05) is 18.2 Å². The molecule has 0 atom stereocenters. The average Bonchev–Trinajstić information content (AvgIpc) is 3.01. The fourth-order valence-corrected chi connectivity index (χ4v) is 2.48. The highest BCUT2D eigenvalue weighted by Gasteiger charge is 2.27. The molecular weight excluding hydrogens is 328 g/mol.